The molecule has 7 nitrogen and oxygen atoms in total. The van der Waals surface area contributed by atoms with Gasteiger partial charge in [-0.25, -0.2) is 9.97 Å². The molecule has 0 bridgehead atoms. The van der Waals surface area contributed by atoms with Gasteiger partial charge < -0.3 is 19.8 Å². The molecule has 0 amide bonds. The van der Waals surface area contributed by atoms with Crippen LogP contribution in [0.1, 0.15) is 20.8 Å². The molecule has 3 aromatic rings. The van der Waals surface area contributed by atoms with Crippen LogP contribution in [-0.4, -0.2) is 33.2 Å². The van der Waals surface area contributed by atoms with E-state index in [0.717, 1.165) is 15.4 Å². The number of carbonyl (C=O) groups excluding carboxylic acids is 1. The number of benzene rings is 1. The third kappa shape index (κ3) is 3.26. The van der Waals surface area contributed by atoms with E-state index >= 15 is 0 Å². The van der Waals surface area contributed by atoms with E-state index in [1.807, 2.05) is 32.9 Å². The molecule has 0 saturated carbocycles. The van der Waals surface area contributed by atoms with Gasteiger partial charge in [0.05, 0.1) is 22.5 Å². The van der Waals surface area contributed by atoms with Crippen LogP contribution in [-0.2, 0) is 16.1 Å². The van der Waals surface area contributed by atoms with E-state index in [9.17, 15) is 4.79 Å². The smallest absolute Gasteiger partial charge is 0.326 e. The molecule has 1 aromatic carbocycles. The lowest BCUT2D eigenvalue weighted by Crippen LogP contribution is -2.26. The molecule has 2 heterocycles. The van der Waals surface area contributed by atoms with Crippen molar-refractivity contribution in [2.75, 3.05) is 12.8 Å². The number of fused-ring (bicyclic) bond motifs is 3. The summed E-state index contributed by atoms with van der Waals surface area (Å²) in [4.78, 5) is 20.8. The van der Waals surface area contributed by atoms with Crippen molar-refractivity contribution >= 4 is 49.7 Å². The van der Waals surface area contributed by atoms with Crippen LogP contribution in [0.2, 0.25) is 0 Å². The predicted molar refractivity (Wildman–Crippen MR) is 99.5 cm³/mol. The number of anilines is 1. The number of rotatable bonds is 3. The normalized spacial score (nSPS) is 11.9. The number of halogens is 1. The first-order valence-electron chi connectivity index (χ1n) is 7.69. The highest BCUT2D eigenvalue weighted by Gasteiger charge is 2.22. The van der Waals surface area contributed by atoms with Crippen LogP contribution < -0.4 is 10.5 Å². The Labute approximate surface area is 153 Å². The fourth-order valence-corrected chi connectivity index (χ4v) is 3.26. The molecule has 0 aliphatic heterocycles. The van der Waals surface area contributed by atoms with Crippen LogP contribution in [0, 0.1) is 0 Å². The van der Waals surface area contributed by atoms with Crippen molar-refractivity contribution in [3.8, 4) is 5.75 Å². The maximum absolute atomic E-state index is 12.4. The Morgan fingerprint density at radius 3 is 2.68 bits per heavy atom. The van der Waals surface area contributed by atoms with Crippen molar-refractivity contribution in [2.24, 2.45) is 0 Å². The lowest BCUT2D eigenvalue weighted by atomic mass is 10.2. The minimum atomic E-state index is -0.565. The van der Waals surface area contributed by atoms with E-state index in [1.165, 1.54) is 6.33 Å². The zero-order valence-electron chi connectivity index (χ0n) is 14.5. The summed E-state index contributed by atoms with van der Waals surface area (Å²) in [5, 5.41) is 1.54. The highest BCUT2D eigenvalue weighted by atomic mass is 79.9. The van der Waals surface area contributed by atoms with E-state index in [1.54, 1.807) is 11.7 Å². The molecule has 132 valence electrons. The minimum Gasteiger partial charge on any atom is -0.495 e. The van der Waals surface area contributed by atoms with Gasteiger partial charge >= 0.3 is 5.97 Å². The lowest BCUT2D eigenvalue weighted by molar-refractivity contribution is -0.155. The second-order valence-corrected chi connectivity index (χ2v) is 7.49. The second kappa shape index (κ2) is 6.18. The summed E-state index contributed by atoms with van der Waals surface area (Å²) in [6.45, 7) is 5.50. The summed E-state index contributed by atoms with van der Waals surface area (Å²) >= 11 is 3.48. The number of methoxy groups -OCH3 is 1. The van der Waals surface area contributed by atoms with Gasteiger partial charge in [-0.1, -0.05) is 0 Å². The van der Waals surface area contributed by atoms with Gasteiger partial charge in [0, 0.05) is 11.5 Å². The Bertz CT molecular complexity index is 976. The first-order chi connectivity index (χ1) is 11.7. The number of nitrogen functional groups attached to an aromatic ring is 1. The Hall–Kier alpha value is -2.35. The van der Waals surface area contributed by atoms with Gasteiger partial charge in [0.2, 0.25) is 0 Å². The van der Waals surface area contributed by atoms with Gasteiger partial charge in [-0.15, -0.1) is 0 Å². The molecule has 0 aliphatic carbocycles. The van der Waals surface area contributed by atoms with Gasteiger partial charge in [0.15, 0.2) is 0 Å². The highest BCUT2D eigenvalue weighted by Crippen LogP contribution is 2.37. The molecule has 0 spiro atoms. The fraction of sp³-hybridized carbons (Fsp3) is 0.353. The summed E-state index contributed by atoms with van der Waals surface area (Å²) in [6, 6.07) is 3.73. The molecule has 25 heavy (non-hydrogen) atoms. The number of aromatic nitrogens is 3. The number of esters is 1. The third-order valence-corrected chi connectivity index (χ3v) is 4.27. The number of hydrogen-bond acceptors (Lipinski definition) is 6. The zero-order valence-corrected chi connectivity index (χ0v) is 16.0. The Morgan fingerprint density at radius 2 is 2.04 bits per heavy atom. The maximum Gasteiger partial charge on any atom is 0.326 e. The molecule has 3 rings (SSSR count). The number of ether oxygens (including phenoxy) is 2. The van der Waals surface area contributed by atoms with Crippen LogP contribution in [0.3, 0.4) is 0 Å². The number of carbonyl (C=O) groups is 1. The van der Waals surface area contributed by atoms with Crippen molar-refractivity contribution in [1.82, 2.24) is 14.5 Å². The fourth-order valence-electron chi connectivity index (χ4n) is 2.75. The maximum atomic E-state index is 12.4. The van der Waals surface area contributed by atoms with Gasteiger partial charge in [0.1, 0.15) is 35.7 Å². The zero-order chi connectivity index (χ0) is 18.4. The summed E-state index contributed by atoms with van der Waals surface area (Å²) in [7, 11) is 1.58. The SMILES string of the molecule is COc1cc2c(cc1Br)c1c(N)ncnc1n2CC(=O)OC(C)(C)C. The monoisotopic (exact) mass is 406 g/mol. The largest absolute Gasteiger partial charge is 0.495 e. The van der Waals surface area contributed by atoms with Gasteiger partial charge in [-0.3, -0.25) is 4.79 Å². The van der Waals surface area contributed by atoms with E-state index in [0.29, 0.717) is 22.6 Å². The topological polar surface area (TPSA) is 92.3 Å². The standard InChI is InChI=1S/C17H19BrN4O3/c1-17(2,3)25-13(23)7-22-11-6-12(24-4)10(18)5-9(11)14-15(19)20-8-21-16(14)22/h5-6,8H,7H2,1-4H3,(H2,19,20,21). The van der Waals surface area contributed by atoms with E-state index in [2.05, 4.69) is 25.9 Å². The van der Waals surface area contributed by atoms with Crippen molar-refractivity contribution in [3.05, 3.63) is 22.9 Å². The van der Waals surface area contributed by atoms with Crippen LogP contribution in [0.25, 0.3) is 21.9 Å². The summed E-state index contributed by atoms with van der Waals surface area (Å²) < 4.78 is 13.4. The first kappa shape index (κ1) is 17.5. The lowest BCUT2D eigenvalue weighted by Gasteiger charge is -2.20. The van der Waals surface area contributed by atoms with E-state index < -0.39 is 5.60 Å². The Morgan fingerprint density at radius 1 is 1.32 bits per heavy atom. The van der Waals surface area contributed by atoms with Gasteiger partial charge in [-0.2, -0.15) is 0 Å². The van der Waals surface area contributed by atoms with Crippen LogP contribution in [0.4, 0.5) is 5.82 Å². The molecule has 0 radical (unpaired) electrons. The molecule has 0 fully saturated rings. The van der Waals surface area contributed by atoms with Crippen LogP contribution in [0.15, 0.2) is 22.9 Å². The highest BCUT2D eigenvalue weighted by molar-refractivity contribution is 9.10. The van der Waals surface area contributed by atoms with Gasteiger partial charge in [-0.05, 0) is 42.8 Å². The number of nitrogens with two attached hydrogens (primary N) is 1. The molecule has 0 unspecified atom stereocenters. The van der Waals surface area contributed by atoms with Crippen molar-refractivity contribution < 1.29 is 14.3 Å². The van der Waals surface area contributed by atoms with Crippen molar-refractivity contribution in [3.63, 3.8) is 0 Å². The van der Waals surface area contributed by atoms with E-state index in [-0.39, 0.29) is 12.5 Å². The molecular formula is C17H19BrN4O3. The molecular weight excluding hydrogens is 388 g/mol. The van der Waals surface area contributed by atoms with Crippen LogP contribution >= 0.6 is 15.9 Å². The Balaban J connectivity index is 2.24. The minimum absolute atomic E-state index is 0.0124. The summed E-state index contributed by atoms with van der Waals surface area (Å²) in [5.41, 5.74) is 6.85. The average molecular weight is 407 g/mol. The molecule has 0 saturated heterocycles. The predicted octanol–water partition coefficient (Wildman–Crippen LogP) is 3.28. The molecule has 2 aromatic heterocycles. The average Bonchev–Trinajstić information content (AvgIpc) is 2.79. The summed E-state index contributed by atoms with van der Waals surface area (Å²) in [5.74, 6) is 0.646. The number of nitrogens with zero attached hydrogens (tertiary/aromatic N) is 3. The molecule has 2 N–H and O–H groups in total. The molecule has 0 aliphatic rings. The van der Waals surface area contributed by atoms with Gasteiger partial charge in [0.25, 0.3) is 0 Å². The first-order valence-corrected chi connectivity index (χ1v) is 8.48. The number of hydrogen-bond donors (Lipinski definition) is 1. The molecule has 0 atom stereocenters. The Kier molecular flexibility index (Phi) is 4.32. The quantitative estimate of drug-likeness (QED) is 0.670. The summed E-state index contributed by atoms with van der Waals surface area (Å²) in [6.07, 6.45) is 1.38. The van der Waals surface area contributed by atoms with E-state index in [4.69, 9.17) is 15.2 Å². The second-order valence-electron chi connectivity index (χ2n) is 6.63. The third-order valence-electron chi connectivity index (χ3n) is 3.65. The van der Waals surface area contributed by atoms with Crippen molar-refractivity contribution in [1.29, 1.82) is 0 Å². The van der Waals surface area contributed by atoms with Crippen LogP contribution in [0.5, 0.6) is 5.75 Å². The molecule has 8 heteroatoms. The van der Waals surface area contributed by atoms with Crippen molar-refractivity contribution in [2.45, 2.75) is 32.9 Å².